The molecule has 25 heavy (non-hydrogen) atoms. The zero-order valence-corrected chi connectivity index (χ0v) is 15.3. The van der Waals surface area contributed by atoms with Crippen LogP contribution < -0.4 is 4.18 Å². The third kappa shape index (κ3) is 4.36. The Morgan fingerprint density at radius 2 is 1.48 bits per heavy atom. The van der Waals surface area contributed by atoms with E-state index >= 15 is 0 Å². The van der Waals surface area contributed by atoms with Gasteiger partial charge in [0.05, 0.1) is 4.90 Å². The van der Waals surface area contributed by atoms with Gasteiger partial charge in [-0.15, -0.1) is 0 Å². The average Bonchev–Trinajstić information content (AvgIpc) is 2.55. The summed E-state index contributed by atoms with van der Waals surface area (Å²) in [6.45, 7) is 4.04. The van der Waals surface area contributed by atoms with E-state index in [0.29, 0.717) is 13.1 Å². The first-order valence-electron chi connectivity index (χ1n) is 7.51. The lowest BCUT2D eigenvalue weighted by molar-refractivity contribution is 0.445. The quantitative estimate of drug-likeness (QED) is 0.682. The predicted molar refractivity (Wildman–Crippen MR) is 90.8 cm³/mol. The van der Waals surface area contributed by atoms with Crippen molar-refractivity contribution in [3.05, 3.63) is 54.3 Å². The van der Waals surface area contributed by atoms with Crippen molar-refractivity contribution in [3.8, 4) is 5.75 Å². The molecule has 0 bridgehead atoms. The average molecular weight is 387 g/mol. The summed E-state index contributed by atoms with van der Waals surface area (Å²) in [5.41, 5.74) is 0. The number of sulfonamides is 1. The Bertz CT molecular complexity index is 937. The highest BCUT2D eigenvalue weighted by atomic mass is 32.2. The van der Waals surface area contributed by atoms with Crippen molar-refractivity contribution in [2.24, 2.45) is 0 Å². The van der Waals surface area contributed by atoms with Crippen molar-refractivity contribution in [1.82, 2.24) is 4.31 Å². The van der Waals surface area contributed by atoms with Gasteiger partial charge in [0.25, 0.3) is 0 Å². The van der Waals surface area contributed by atoms with Crippen LogP contribution in [-0.4, -0.2) is 34.2 Å². The van der Waals surface area contributed by atoms with E-state index in [1.807, 2.05) is 0 Å². The first-order chi connectivity index (χ1) is 11.7. The van der Waals surface area contributed by atoms with Crippen LogP contribution in [0.1, 0.15) is 13.8 Å². The number of rotatable bonds is 7. The smallest absolute Gasteiger partial charge is 0.339 e. The summed E-state index contributed by atoms with van der Waals surface area (Å²) in [4.78, 5) is -0.240. The van der Waals surface area contributed by atoms with Gasteiger partial charge in [-0.1, -0.05) is 19.9 Å². The second kappa shape index (κ2) is 7.51. The highest BCUT2D eigenvalue weighted by Crippen LogP contribution is 2.22. The molecule has 0 amide bonds. The summed E-state index contributed by atoms with van der Waals surface area (Å²) in [5, 5.41) is 0. The Labute approximate surface area is 147 Å². The fraction of sp³-hybridized carbons (Fsp3) is 0.250. The predicted octanol–water partition coefficient (Wildman–Crippen LogP) is 2.62. The molecule has 0 unspecified atom stereocenters. The molecule has 0 radical (unpaired) electrons. The standard InChI is InChI=1S/C16H18FNO5S2/c1-3-18(4-2)24(19,20)15-8-10-16(11-9-15)25(21,22)23-14-7-5-6-13(17)12-14/h5-12H,3-4H2,1-2H3. The van der Waals surface area contributed by atoms with Gasteiger partial charge in [0, 0.05) is 19.2 Å². The molecule has 0 spiro atoms. The molecule has 0 N–H and O–H groups in total. The maximum absolute atomic E-state index is 13.1. The largest absolute Gasteiger partial charge is 0.379 e. The molecule has 6 nitrogen and oxygen atoms in total. The van der Waals surface area contributed by atoms with Crippen LogP contribution in [0.15, 0.2) is 58.3 Å². The molecule has 0 aliphatic carbocycles. The molecule has 136 valence electrons. The molecule has 9 heteroatoms. The molecule has 0 aliphatic heterocycles. The summed E-state index contributed by atoms with van der Waals surface area (Å²) in [7, 11) is -7.88. The van der Waals surface area contributed by atoms with E-state index in [2.05, 4.69) is 0 Å². The summed E-state index contributed by atoms with van der Waals surface area (Å²) in [6.07, 6.45) is 0. The number of hydrogen-bond acceptors (Lipinski definition) is 5. The van der Waals surface area contributed by atoms with E-state index in [-0.39, 0.29) is 15.5 Å². The van der Waals surface area contributed by atoms with Crippen molar-refractivity contribution >= 4 is 20.1 Å². The maximum Gasteiger partial charge on any atom is 0.339 e. The number of benzene rings is 2. The van der Waals surface area contributed by atoms with E-state index in [4.69, 9.17) is 4.18 Å². The molecule has 0 saturated heterocycles. The topological polar surface area (TPSA) is 80.8 Å². The maximum atomic E-state index is 13.1. The molecule has 0 saturated carbocycles. The fourth-order valence-corrected chi connectivity index (χ4v) is 4.57. The van der Waals surface area contributed by atoms with Gasteiger partial charge in [-0.3, -0.25) is 0 Å². The van der Waals surface area contributed by atoms with Gasteiger partial charge in [0.2, 0.25) is 10.0 Å². The van der Waals surface area contributed by atoms with Crippen molar-refractivity contribution in [1.29, 1.82) is 0 Å². The summed E-state index contributed by atoms with van der Waals surface area (Å²) in [6, 6.07) is 9.42. The molecule has 0 heterocycles. The van der Waals surface area contributed by atoms with E-state index in [1.165, 1.54) is 28.6 Å². The molecular weight excluding hydrogens is 369 g/mol. The van der Waals surface area contributed by atoms with Gasteiger partial charge in [-0.2, -0.15) is 12.7 Å². The highest BCUT2D eigenvalue weighted by molar-refractivity contribution is 7.89. The van der Waals surface area contributed by atoms with Crippen LogP contribution in [0.25, 0.3) is 0 Å². The monoisotopic (exact) mass is 387 g/mol. The third-order valence-corrected chi connectivity index (χ3v) is 6.78. The zero-order chi connectivity index (χ0) is 18.7. The molecule has 2 aromatic carbocycles. The summed E-state index contributed by atoms with van der Waals surface area (Å²) < 4.78 is 68.5. The molecule has 0 aromatic heterocycles. The summed E-state index contributed by atoms with van der Waals surface area (Å²) >= 11 is 0. The number of hydrogen-bond donors (Lipinski definition) is 0. The van der Waals surface area contributed by atoms with Gasteiger partial charge >= 0.3 is 10.1 Å². The van der Waals surface area contributed by atoms with Crippen LogP contribution in [0.5, 0.6) is 5.75 Å². The van der Waals surface area contributed by atoms with Crippen LogP contribution in [0, 0.1) is 5.82 Å². The van der Waals surface area contributed by atoms with Gasteiger partial charge in [-0.05, 0) is 36.4 Å². The van der Waals surface area contributed by atoms with Gasteiger partial charge in [0.15, 0.2) is 0 Å². The second-order valence-electron chi connectivity index (χ2n) is 5.06. The zero-order valence-electron chi connectivity index (χ0n) is 13.7. The molecule has 2 aromatic rings. The van der Waals surface area contributed by atoms with Crippen molar-refractivity contribution < 1.29 is 25.4 Å². The molecular formula is C16H18FNO5S2. The fourth-order valence-electron chi connectivity index (χ4n) is 2.18. The van der Waals surface area contributed by atoms with E-state index in [9.17, 15) is 21.2 Å². The SMILES string of the molecule is CCN(CC)S(=O)(=O)c1ccc(S(=O)(=O)Oc2cccc(F)c2)cc1. The van der Waals surface area contributed by atoms with Crippen molar-refractivity contribution in [2.75, 3.05) is 13.1 Å². The van der Waals surface area contributed by atoms with Crippen molar-refractivity contribution in [3.63, 3.8) is 0 Å². The van der Waals surface area contributed by atoms with E-state index in [0.717, 1.165) is 24.3 Å². The van der Waals surface area contributed by atoms with Crippen LogP contribution in [0.4, 0.5) is 4.39 Å². The number of halogens is 1. The minimum absolute atomic E-state index is 0.0131. The Hall–Kier alpha value is -1.97. The highest BCUT2D eigenvalue weighted by Gasteiger charge is 2.23. The van der Waals surface area contributed by atoms with Gasteiger partial charge in [-0.25, -0.2) is 12.8 Å². The lowest BCUT2D eigenvalue weighted by Gasteiger charge is -2.18. The molecule has 2 rings (SSSR count). The molecule has 0 fully saturated rings. The van der Waals surface area contributed by atoms with Crippen molar-refractivity contribution in [2.45, 2.75) is 23.6 Å². The summed E-state index contributed by atoms with van der Waals surface area (Å²) in [5.74, 6) is -0.798. The Balaban J connectivity index is 2.30. The Morgan fingerprint density at radius 3 is 2.00 bits per heavy atom. The Morgan fingerprint density at radius 1 is 0.920 bits per heavy atom. The third-order valence-electron chi connectivity index (χ3n) is 3.46. The number of nitrogens with zero attached hydrogens (tertiary/aromatic N) is 1. The minimum atomic E-state index is -4.20. The van der Waals surface area contributed by atoms with Crippen LogP contribution in [-0.2, 0) is 20.1 Å². The van der Waals surface area contributed by atoms with Gasteiger partial charge < -0.3 is 4.18 Å². The minimum Gasteiger partial charge on any atom is -0.379 e. The van der Waals surface area contributed by atoms with E-state index < -0.39 is 26.0 Å². The molecule has 0 aliphatic rings. The van der Waals surface area contributed by atoms with Gasteiger partial charge in [0.1, 0.15) is 16.5 Å². The van der Waals surface area contributed by atoms with Crippen LogP contribution in [0.2, 0.25) is 0 Å². The molecule has 0 atom stereocenters. The first-order valence-corrected chi connectivity index (χ1v) is 10.4. The lowest BCUT2D eigenvalue weighted by Crippen LogP contribution is -2.30. The Kier molecular flexibility index (Phi) is 5.81. The van der Waals surface area contributed by atoms with Crippen LogP contribution >= 0.6 is 0 Å². The lowest BCUT2D eigenvalue weighted by atomic mass is 10.3. The first kappa shape index (κ1) is 19.4. The normalized spacial score (nSPS) is 12.3. The van der Waals surface area contributed by atoms with Crippen LogP contribution in [0.3, 0.4) is 0 Å². The van der Waals surface area contributed by atoms with E-state index in [1.54, 1.807) is 13.8 Å². The second-order valence-corrected chi connectivity index (χ2v) is 8.54.